The van der Waals surface area contributed by atoms with Crippen molar-refractivity contribution in [2.75, 3.05) is 16.8 Å². The first-order valence-corrected chi connectivity index (χ1v) is 9.28. The fourth-order valence-corrected chi connectivity index (χ4v) is 3.17. The summed E-state index contributed by atoms with van der Waals surface area (Å²) in [5.41, 5.74) is 1.42. The molecular weight excluding hydrogens is 379 g/mol. The average molecular weight is 397 g/mol. The molecule has 0 saturated heterocycles. The lowest BCUT2D eigenvalue weighted by Crippen LogP contribution is -2.23. The van der Waals surface area contributed by atoms with Gasteiger partial charge >= 0.3 is 0 Å². The van der Waals surface area contributed by atoms with Crippen molar-refractivity contribution >= 4 is 40.0 Å². The SMILES string of the molecule is CCN(Cc1ccco1)c1nc(Nc2ccc(F)c(Cl)c2)nc2ccccc12. The summed E-state index contributed by atoms with van der Waals surface area (Å²) in [5.74, 6) is 1.58. The Morgan fingerprint density at radius 2 is 1.96 bits per heavy atom. The molecule has 0 fully saturated rings. The van der Waals surface area contributed by atoms with E-state index in [2.05, 4.69) is 22.1 Å². The molecule has 0 spiro atoms. The third kappa shape index (κ3) is 3.77. The van der Waals surface area contributed by atoms with Gasteiger partial charge < -0.3 is 14.6 Å². The molecular formula is C21H18ClFN4O. The van der Waals surface area contributed by atoms with Gasteiger partial charge in [-0.2, -0.15) is 4.98 Å². The molecule has 5 nitrogen and oxygen atoms in total. The van der Waals surface area contributed by atoms with E-state index in [1.807, 2.05) is 36.4 Å². The summed E-state index contributed by atoms with van der Waals surface area (Å²) in [6.45, 7) is 3.39. The first-order chi connectivity index (χ1) is 13.6. The van der Waals surface area contributed by atoms with Crippen molar-refractivity contribution in [3.63, 3.8) is 0 Å². The highest BCUT2D eigenvalue weighted by molar-refractivity contribution is 6.31. The molecule has 2 aromatic carbocycles. The number of rotatable bonds is 6. The Labute approximate surface area is 166 Å². The summed E-state index contributed by atoms with van der Waals surface area (Å²) in [7, 11) is 0. The van der Waals surface area contributed by atoms with E-state index in [4.69, 9.17) is 21.0 Å². The smallest absolute Gasteiger partial charge is 0.229 e. The molecule has 0 aliphatic carbocycles. The second-order valence-corrected chi connectivity index (χ2v) is 6.64. The van der Waals surface area contributed by atoms with E-state index in [-0.39, 0.29) is 5.02 Å². The highest BCUT2D eigenvalue weighted by atomic mass is 35.5. The number of fused-ring (bicyclic) bond motifs is 1. The fraction of sp³-hybridized carbons (Fsp3) is 0.143. The Hall–Kier alpha value is -3.12. The lowest BCUT2D eigenvalue weighted by atomic mass is 10.2. The highest BCUT2D eigenvalue weighted by Gasteiger charge is 2.15. The summed E-state index contributed by atoms with van der Waals surface area (Å²) < 4.78 is 18.9. The highest BCUT2D eigenvalue weighted by Crippen LogP contribution is 2.28. The van der Waals surface area contributed by atoms with E-state index in [1.54, 1.807) is 12.3 Å². The van der Waals surface area contributed by atoms with Crippen molar-refractivity contribution < 1.29 is 8.81 Å². The van der Waals surface area contributed by atoms with Crippen LogP contribution in [0.5, 0.6) is 0 Å². The normalized spacial score (nSPS) is 11.0. The largest absolute Gasteiger partial charge is 0.467 e. The van der Waals surface area contributed by atoms with E-state index in [0.717, 1.165) is 29.0 Å². The number of aromatic nitrogens is 2. The number of nitrogens with one attached hydrogen (secondary N) is 1. The Morgan fingerprint density at radius 1 is 1.11 bits per heavy atom. The van der Waals surface area contributed by atoms with Gasteiger partial charge in [-0.1, -0.05) is 23.7 Å². The Bertz CT molecular complexity index is 1100. The van der Waals surface area contributed by atoms with Crippen LogP contribution in [0, 0.1) is 5.82 Å². The lowest BCUT2D eigenvalue weighted by molar-refractivity contribution is 0.503. The van der Waals surface area contributed by atoms with Gasteiger partial charge in [-0.25, -0.2) is 9.37 Å². The maximum atomic E-state index is 13.4. The van der Waals surface area contributed by atoms with Gasteiger partial charge in [0, 0.05) is 17.6 Å². The molecule has 4 rings (SSSR count). The van der Waals surface area contributed by atoms with Crippen molar-refractivity contribution in [3.05, 3.63) is 77.5 Å². The van der Waals surface area contributed by atoms with Crippen molar-refractivity contribution in [3.8, 4) is 0 Å². The van der Waals surface area contributed by atoms with E-state index < -0.39 is 5.82 Å². The number of halogens is 2. The fourth-order valence-electron chi connectivity index (χ4n) is 2.99. The number of para-hydroxylation sites is 1. The zero-order valence-corrected chi connectivity index (χ0v) is 15.9. The van der Waals surface area contributed by atoms with Crippen molar-refractivity contribution in [2.24, 2.45) is 0 Å². The Balaban J connectivity index is 1.75. The number of nitrogens with zero attached hydrogens (tertiary/aromatic N) is 3. The van der Waals surface area contributed by atoms with Crippen LogP contribution in [0.3, 0.4) is 0 Å². The molecule has 0 amide bonds. The van der Waals surface area contributed by atoms with Crippen LogP contribution in [0.4, 0.5) is 21.8 Å². The van der Waals surface area contributed by atoms with Gasteiger partial charge in [0.25, 0.3) is 0 Å². The minimum atomic E-state index is -0.469. The Morgan fingerprint density at radius 3 is 2.71 bits per heavy atom. The van der Waals surface area contributed by atoms with Gasteiger partial charge in [0.05, 0.1) is 23.3 Å². The zero-order valence-electron chi connectivity index (χ0n) is 15.2. The number of hydrogen-bond acceptors (Lipinski definition) is 5. The standard InChI is InChI=1S/C21H18ClFN4O/c1-2-27(13-15-6-5-11-28-15)20-16-7-3-4-8-19(16)25-21(26-20)24-14-9-10-18(23)17(22)12-14/h3-12H,2,13H2,1H3,(H,24,25,26). The van der Waals surface area contributed by atoms with E-state index in [9.17, 15) is 4.39 Å². The molecule has 0 aliphatic heterocycles. The predicted molar refractivity (Wildman–Crippen MR) is 110 cm³/mol. The third-order valence-corrected chi connectivity index (χ3v) is 4.66. The van der Waals surface area contributed by atoms with Crippen molar-refractivity contribution in [2.45, 2.75) is 13.5 Å². The number of furan rings is 1. The second-order valence-electron chi connectivity index (χ2n) is 6.24. The number of benzene rings is 2. The van der Waals surface area contributed by atoms with E-state index in [0.29, 0.717) is 18.2 Å². The minimum Gasteiger partial charge on any atom is -0.467 e. The molecule has 0 aliphatic rings. The summed E-state index contributed by atoms with van der Waals surface area (Å²) >= 11 is 5.88. The summed E-state index contributed by atoms with van der Waals surface area (Å²) in [5, 5.41) is 4.10. The van der Waals surface area contributed by atoms with Crippen molar-refractivity contribution in [1.29, 1.82) is 0 Å². The number of anilines is 3. The van der Waals surface area contributed by atoms with Crippen LogP contribution >= 0.6 is 11.6 Å². The third-order valence-electron chi connectivity index (χ3n) is 4.37. The molecule has 4 aromatic rings. The van der Waals surface area contributed by atoms with Gasteiger partial charge in [-0.3, -0.25) is 0 Å². The molecule has 28 heavy (non-hydrogen) atoms. The molecule has 0 radical (unpaired) electrons. The minimum absolute atomic E-state index is 0.0408. The summed E-state index contributed by atoms with van der Waals surface area (Å²) in [4.78, 5) is 11.4. The van der Waals surface area contributed by atoms with Gasteiger partial charge in [-0.15, -0.1) is 0 Å². The van der Waals surface area contributed by atoms with Crippen molar-refractivity contribution in [1.82, 2.24) is 9.97 Å². The monoisotopic (exact) mass is 396 g/mol. The van der Waals surface area contributed by atoms with Crippen LogP contribution in [0.15, 0.2) is 65.3 Å². The van der Waals surface area contributed by atoms with Crippen LogP contribution in [-0.2, 0) is 6.54 Å². The number of hydrogen-bond donors (Lipinski definition) is 1. The quantitative estimate of drug-likeness (QED) is 0.447. The lowest BCUT2D eigenvalue weighted by Gasteiger charge is -2.23. The second kappa shape index (κ2) is 7.86. The average Bonchev–Trinajstić information content (AvgIpc) is 3.22. The zero-order chi connectivity index (χ0) is 19.5. The molecule has 0 unspecified atom stereocenters. The molecule has 7 heteroatoms. The van der Waals surface area contributed by atoms with Crippen LogP contribution < -0.4 is 10.2 Å². The molecule has 2 aromatic heterocycles. The molecule has 0 saturated carbocycles. The molecule has 0 bridgehead atoms. The van der Waals surface area contributed by atoms with Crippen LogP contribution in [-0.4, -0.2) is 16.5 Å². The van der Waals surface area contributed by atoms with Gasteiger partial charge in [-0.05, 0) is 49.4 Å². The molecule has 0 atom stereocenters. The van der Waals surface area contributed by atoms with Crippen LogP contribution in [0.1, 0.15) is 12.7 Å². The first kappa shape index (κ1) is 18.3. The maximum Gasteiger partial charge on any atom is 0.229 e. The van der Waals surface area contributed by atoms with Gasteiger partial charge in [0.1, 0.15) is 17.4 Å². The van der Waals surface area contributed by atoms with Gasteiger partial charge in [0.2, 0.25) is 5.95 Å². The molecule has 142 valence electrons. The first-order valence-electron chi connectivity index (χ1n) is 8.90. The topological polar surface area (TPSA) is 54.2 Å². The predicted octanol–water partition coefficient (Wildman–Crippen LogP) is 5.79. The van der Waals surface area contributed by atoms with Crippen LogP contribution in [0.25, 0.3) is 10.9 Å². The van der Waals surface area contributed by atoms with E-state index in [1.165, 1.54) is 12.1 Å². The summed E-state index contributed by atoms with van der Waals surface area (Å²) in [6.07, 6.45) is 1.66. The van der Waals surface area contributed by atoms with Gasteiger partial charge in [0.15, 0.2) is 0 Å². The maximum absolute atomic E-state index is 13.4. The van der Waals surface area contributed by atoms with E-state index >= 15 is 0 Å². The Kier molecular flexibility index (Phi) is 5.12. The summed E-state index contributed by atoms with van der Waals surface area (Å²) in [6, 6.07) is 16.0. The molecule has 2 heterocycles. The molecule has 1 N–H and O–H groups in total. The van der Waals surface area contributed by atoms with Crippen LogP contribution in [0.2, 0.25) is 5.02 Å².